The Hall–Kier alpha value is -1.39. The molecule has 90 valence electrons. The first-order valence-electron chi connectivity index (χ1n) is 5.47. The van der Waals surface area contributed by atoms with Gasteiger partial charge in [-0.25, -0.2) is 0 Å². The molecule has 1 saturated carbocycles. The fraction of sp³-hybridized carbons (Fsp3) is 0.727. The van der Waals surface area contributed by atoms with Crippen molar-refractivity contribution in [3.05, 3.63) is 0 Å². The molecule has 0 heterocycles. The van der Waals surface area contributed by atoms with Gasteiger partial charge in [-0.3, -0.25) is 14.4 Å². The van der Waals surface area contributed by atoms with E-state index in [0.29, 0.717) is 19.3 Å². The third-order valence-corrected chi connectivity index (χ3v) is 2.80. The van der Waals surface area contributed by atoms with Crippen molar-refractivity contribution in [3.63, 3.8) is 0 Å². The van der Waals surface area contributed by atoms with Crippen LogP contribution in [0.4, 0.5) is 0 Å². The Balaban J connectivity index is 2.72. The molecule has 2 atom stereocenters. The second kappa shape index (κ2) is 5.63. The van der Waals surface area contributed by atoms with Gasteiger partial charge >= 0.3 is 11.9 Å². The average Bonchev–Trinajstić information content (AvgIpc) is 2.17. The van der Waals surface area contributed by atoms with E-state index < -0.39 is 23.8 Å². The van der Waals surface area contributed by atoms with Crippen LogP contribution in [0.3, 0.4) is 0 Å². The standard InChI is InChI=1S/C11H16O5/c1-2-16-11(15)9(10(13)14)7-4-3-5-8(12)6-7/h7,9H,2-6H2,1H3,(H,13,14). The molecule has 1 N–H and O–H groups in total. The van der Waals surface area contributed by atoms with E-state index in [1.54, 1.807) is 6.92 Å². The smallest absolute Gasteiger partial charge is 0.320 e. The number of ether oxygens (including phenoxy) is 1. The zero-order chi connectivity index (χ0) is 12.1. The van der Waals surface area contributed by atoms with E-state index >= 15 is 0 Å². The summed E-state index contributed by atoms with van der Waals surface area (Å²) in [4.78, 5) is 33.7. The molecule has 0 aromatic carbocycles. The summed E-state index contributed by atoms with van der Waals surface area (Å²) in [6, 6.07) is 0. The van der Waals surface area contributed by atoms with Gasteiger partial charge in [-0.1, -0.05) is 0 Å². The second-order valence-electron chi connectivity index (χ2n) is 3.96. The van der Waals surface area contributed by atoms with Crippen LogP contribution in [0.5, 0.6) is 0 Å². The molecule has 5 heteroatoms. The van der Waals surface area contributed by atoms with E-state index in [4.69, 9.17) is 9.84 Å². The highest BCUT2D eigenvalue weighted by atomic mass is 16.5. The van der Waals surface area contributed by atoms with Crippen molar-refractivity contribution in [1.29, 1.82) is 0 Å². The second-order valence-corrected chi connectivity index (χ2v) is 3.96. The predicted octanol–water partition coefficient (Wildman–Crippen LogP) is 1.01. The zero-order valence-electron chi connectivity index (χ0n) is 9.27. The summed E-state index contributed by atoms with van der Waals surface area (Å²) in [5.41, 5.74) is 0. The minimum atomic E-state index is -1.20. The molecule has 1 aliphatic rings. The lowest BCUT2D eigenvalue weighted by atomic mass is 9.79. The number of Topliss-reactive ketones (excluding diaryl/α,β-unsaturated/α-hetero) is 1. The molecule has 0 radical (unpaired) electrons. The van der Waals surface area contributed by atoms with Crippen molar-refractivity contribution in [3.8, 4) is 0 Å². The van der Waals surface area contributed by atoms with Gasteiger partial charge in [-0.15, -0.1) is 0 Å². The monoisotopic (exact) mass is 228 g/mol. The first-order valence-corrected chi connectivity index (χ1v) is 5.47. The van der Waals surface area contributed by atoms with Crippen molar-refractivity contribution in [2.75, 3.05) is 6.61 Å². The number of esters is 1. The number of aliphatic carboxylic acids is 1. The van der Waals surface area contributed by atoms with Crippen LogP contribution in [0.25, 0.3) is 0 Å². The van der Waals surface area contributed by atoms with Gasteiger partial charge in [0.2, 0.25) is 0 Å². The molecule has 0 amide bonds. The number of carboxylic acids is 1. The van der Waals surface area contributed by atoms with Crippen LogP contribution in [0.15, 0.2) is 0 Å². The number of carbonyl (C=O) groups is 3. The number of hydrogen-bond acceptors (Lipinski definition) is 4. The fourth-order valence-corrected chi connectivity index (χ4v) is 2.07. The first kappa shape index (κ1) is 12.7. The van der Waals surface area contributed by atoms with Crippen LogP contribution in [-0.2, 0) is 19.1 Å². The predicted molar refractivity (Wildman–Crippen MR) is 54.7 cm³/mol. The number of ketones is 1. The summed E-state index contributed by atoms with van der Waals surface area (Å²) in [6.07, 6.45) is 1.93. The lowest BCUT2D eigenvalue weighted by molar-refractivity contribution is -0.161. The molecule has 0 aromatic heterocycles. The van der Waals surface area contributed by atoms with E-state index in [1.165, 1.54) is 0 Å². The molecule has 1 aliphatic carbocycles. The van der Waals surface area contributed by atoms with Gasteiger partial charge in [0, 0.05) is 12.8 Å². The maximum Gasteiger partial charge on any atom is 0.320 e. The van der Waals surface area contributed by atoms with Crippen molar-refractivity contribution >= 4 is 17.7 Å². The Bertz CT molecular complexity index is 297. The molecule has 1 fully saturated rings. The zero-order valence-corrected chi connectivity index (χ0v) is 9.27. The van der Waals surface area contributed by atoms with Gasteiger partial charge in [0.25, 0.3) is 0 Å². The molecular formula is C11H16O5. The van der Waals surface area contributed by atoms with Gasteiger partial charge < -0.3 is 9.84 Å². The highest BCUT2D eigenvalue weighted by molar-refractivity contribution is 5.95. The van der Waals surface area contributed by atoms with Crippen LogP contribution in [0, 0.1) is 11.8 Å². The van der Waals surface area contributed by atoms with Gasteiger partial charge in [0.1, 0.15) is 5.78 Å². The molecule has 5 nitrogen and oxygen atoms in total. The normalized spacial score (nSPS) is 22.6. The molecule has 1 rings (SSSR count). The van der Waals surface area contributed by atoms with Crippen molar-refractivity contribution < 1.29 is 24.2 Å². The number of rotatable bonds is 4. The first-order chi connectivity index (χ1) is 7.56. The lowest BCUT2D eigenvalue weighted by Gasteiger charge is -2.25. The molecule has 0 aromatic rings. The summed E-state index contributed by atoms with van der Waals surface area (Å²) < 4.78 is 4.72. The number of carboxylic acid groups (broad SMARTS) is 1. The van der Waals surface area contributed by atoms with Crippen LogP contribution >= 0.6 is 0 Å². The average molecular weight is 228 g/mol. The molecule has 0 aliphatic heterocycles. The van der Waals surface area contributed by atoms with E-state index in [0.717, 1.165) is 0 Å². The SMILES string of the molecule is CCOC(=O)C(C(=O)O)C1CCCC(=O)C1. The Morgan fingerprint density at radius 3 is 2.75 bits per heavy atom. The summed E-state index contributed by atoms with van der Waals surface area (Å²) in [5, 5.41) is 9.00. The Labute approximate surface area is 93.8 Å². The molecule has 0 spiro atoms. The van der Waals surface area contributed by atoms with E-state index in [1.807, 2.05) is 0 Å². The summed E-state index contributed by atoms with van der Waals surface area (Å²) >= 11 is 0. The quantitative estimate of drug-likeness (QED) is 0.573. The highest BCUT2D eigenvalue weighted by Gasteiger charge is 2.38. The van der Waals surface area contributed by atoms with E-state index in [9.17, 15) is 14.4 Å². The van der Waals surface area contributed by atoms with Crippen molar-refractivity contribution in [1.82, 2.24) is 0 Å². The van der Waals surface area contributed by atoms with E-state index in [2.05, 4.69) is 0 Å². The molecule has 16 heavy (non-hydrogen) atoms. The van der Waals surface area contributed by atoms with Crippen molar-refractivity contribution in [2.24, 2.45) is 11.8 Å². The Kier molecular flexibility index (Phi) is 4.46. The topological polar surface area (TPSA) is 80.7 Å². The maximum atomic E-state index is 11.5. The Morgan fingerprint density at radius 1 is 1.56 bits per heavy atom. The number of carbonyl (C=O) groups excluding carboxylic acids is 2. The van der Waals surface area contributed by atoms with Crippen LogP contribution in [0.2, 0.25) is 0 Å². The van der Waals surface area contributed by atoms with Gasteiger partial charge in [-0.2, -0.15) is 0 Å². The lowest BCUT2D eigenvalue weighted by Crippen LogP contribution is -2.35. The summed E-state index contributed by atoms with van der Waals surface area (Å²) in [5.74, 6) is -3.48. The number of hydrogen-bond donors (Lipinski definition) is 1. The minimum absolute atomic E-state index is 0.0341. The summed E-state index contributed by atoms with van der Waals surface area (Å²) in [6.45, 7) is 1.78. The third-order valence-electron chi connectivity index (χ3n) is 2.80. The van der Waals surface area contributed by atoms with Gasteiger partial charge in [0.05, 0.1) is 6.61 Å². The Morgan fingerprint density at radius 2 is 2.25 bits per heavy atom. The minimum Gasteiger partial charge on any atom is -0.481 e. The summed E-state index contributed by atoms with van der Waals surface area (Å²) in [7, 11) is 0. The van der Waals surface area contributed by atoms with Gasteiger partial charge in [-0.05, 0) is 25.7 Å². The van der Waals surface area contributed by atoms with Gasteiger partial charge in [0.15, 0.2) is 5.92 Å². The van der Waals surface area contributed by atoms with E-state index in [-0.39, 0.29) is 18.8 Å². The molecule has 0 bridgehead atoms. The molecule has 2 unspecified atom stereocenters. The highest BCUT2D eigenvalue weighted by Crippen LogP contribution is 2.29. The third kappa shape index (κ3) is 3.05. The maximum absolute atomic E-state index is 11.5. The van der Waals surface area contributed by atoms with Crippen LogP contribution < -0.4 is 0 Å². The largest absolute Gasteiger partial charge is 0.481 e. The molecule has 0 saturated heterocycles. The molecular weight excluding hydrogens is 212 g/mol. The van der Waals surface area contributed by atoms with Crippen LogP contribution in [0.1, 0.15) is 32.6 Å². The van der Waals surface area contributed by atoms with Crippen molar-refractivity contribution in [2.45, 2.75) is 32.6 Å². The fourth-order valence-electron chi connectivity index (χ4n) is 2.07. The van der Waals surface area contributed by atoms with Crippen LogP contribution in [-0.4, -0.2) is 29.4 Å².